The molecule has 13 heavy (non-hydrogen) atoms. The zero-order valence-electron chi connectivity index (χ0n) is 7.96. The molecule has 3 heteroatoms. The van der Waals surface area contributed by atoms with E-state index in [1.807, 2.05) is 0 Å². The van der Waals surface area contributed by atoms with Crippen molar-refractivity contribution in [2.45, 2.75) is 37.8 Å². The Morgan fingerprint density at radius 3 is 3.00 bits per heavy atom. The lowest BCUT2D eigenvalue weighted by Crippen LogP contribution is -2.50. The Labute approximate surface area is 79.2 Å². The maximum absolute atomic E-state index is 5.71. The first-order valence-electron chi connectivity index (χ1n) is 5.57. The van der Waals surface area contributed by atoms with Crippen molar-refractivity contribution in [3.05, 3.63) is 0 Å². The molecule has 0 amide bonds. The molecule has 2 heterocycles. The van der Waals surface area contributed by atoms with Crippen LogP contribution in [0.2, 0.25) is 0 Å². The summed E-state index contributed by atoms with van der Waals surface area (Å²) in [5.41, 5.74) is 3.07. The van der Waals surface area contributed by atoms with E-state index in [1.165, 1.54) is 32.2 Å². The minimum absolute atomic E-state index is 0.502. The van der Waals surface area contributed by atoms with Crippen molar-refractivity contribution in [2.75, 3.05) is 13.1 Å². The molecule has 74 valence electrons. The van der Waals surface area contributed by atoms with Gasteiger partial charge in [-0.1, -0.05) is 0 Å². The third-order valence-electron chi connectivity index (χ3n) is 3.97. The summed E-state index contributed by atoms with van der Waals surface area (Å²) >= 11 is 0. The zero-order chi connectivity index (χ0) is 8.67. The van der Waals surface area contributed by atoms with Gasteiger partial charge < -0.3 is 5.32 Å². The van der Waals surface area contributed by atoms with Gasteiger partial charge in [0.1, 0.15) is 0 Å². The third kappa shape index (κ3) is 1.30. The summed E-state index contributed by atoms with van der Waals surface area (Å²) in [6.45, 7) is 2.24. The SMILES string of the molecule is C1CC2CCC3NCCC3C2ON1. The summed E-state index contributed by atoms with van der Waals surface area (Å²) in [5.74, 6) is 1.62. The first-order valence-corrected chi connectivity index (χ1v) is 5.57. The van der Waals surface area contributed by atoms with E-state index in [1.54, 1.807) is 0 Å². The predicted molar refractivity (Wildman–Crippen MR) is 50.1 cm³/mol. The minimum Gasteiger partial charge on any atom is -0.314 e. The highest BCUT2D eigenvalue weighted by atomic mass is 16.7. The van der Waals surface area contributed by atoms with Crippen LogP contribution in [-0.2, 0) is 4.84 Å². The number of hydroxylamine groups is 1. The summed E-state index contributed by atoms with van der Waals surface area (Å²) in [5, 5.41) is 3.58. The molecule has 0 spiro atoms. The Kier molecular flexibility index (Phi) is 2.04. The average Bonchev–Trinajstić information content (AvgIpc) is 2.65. The van der Waals surface area contributed by atoms with Crippen LogP contribution in [0.25, 0.3) is 0 Å². The molecule has 0 bridgehead atoms. The van der Waals surface area contributed by atoms with Crippen LogP contribution in [0.5, 0.6) is 0 Å². The van der Waals surface area contributed by atoms with Gasteiger partial charge >= 0.3 is 0 Å². The molecule has 4 unspecified atom stereocenters. The van der Waals surface area contributed by atoms with Crippen LogP contribution in [-0.4, -0.2) is 25.2 Å². The molecule has 2 aliphatic heterocycles. The van der Waals surface area contributed by atoms with Gasteiger partial charge in [-0.25, -0.2) is 5.48 Å². The van der Waals surface area contributed by atoms with Gasteiger partial charge in [0.05, 0.1) is 6.10 Å². The summed E-state index contributed by atoms with van der Waals surface area (Å²) in [7, 11) is 0. The third-order valence-corrected chi connectivity index (χ3v) is 3.97. The lowest BCUT2D eigenvalue weighted by Gasteiger charge is -2.42. The number of fused-ring (bicyclic) bond motifs is 3. The van der Waals surface area contributed by atoms with Crippen LogP contribution in [0, 0.1) is 11.8 Å². The molecule has 3 fully saturated rings. The molecule has 4 atom stereocenters. The maximum atomic E-state index is 5.71. The van der Waals surface area contributed by atoms with E-state index >= 15 is 0 Å². The Balaban J connectivity index is 1.77. The molecule has 2 saturated heterocycles. The number of hydrogen-bond donors (Lipinski definition) is 2. The van der Waals surface area contributed by atoms with Crippen molar-refractivity contribution in [2.24, 2.45) is 11.8 Å². The number of nitrogens with one attached hydrogen (secondary N) is 2. The highest BCUT2D eigenvalue weighted by Gasteiger charge is 2.43. The van der Waals surface area contributed by atoms with Crippen molar-refractivity contribution < 1.29 is 4.84 Å². The molecular formula is C10H18N2O. The average molecular weight is 182 g/mol. The van der Waals surface area contributed by atoms with Crippen molar-refractivity contribution in [3.8, 4) is 0 Å². The lowest BCUT2D eigenvalue weighted by molar-refractivity contribution is -0.132. The fourth-order valence-electron chi connectivity index (χ4n) is 3.30. The van der Waals surface area contributed by atoms with Crippen LogP contribution < -0.4 is 10.8 Å². The molecule has 3 rings (SSSR count). The first-order chi connectivity index (χ1) is 6.45. The van der Waals surface area contributed by atoms with Gasteiger partial charge in [-0.15, -0.1) is 0 Å². The highest BCUT2D eigenvalue weighted by Crippen LogP contribution is 2.38. The Bertz CT molecular complexity index is 197. The van der Waals surface area contributed by atoms with Crippen molar-refractivity contribution >= 4 is 0 Å². The monoisotopic (exact) mass is 182 g/mol. The van der Waals surface area contributed by atoms with Gasteiger partial charge in [0, 0.05) is 18.5 Å². The molecule has 3 aliphatic rings. The summed E-state index contributed by atoms with van der Waals surface area (Å²) in [4.78, 5) is 5.71. The van der Waals surface area contributed by atoms with Crippen LogP contribution >= 0.6 is 0 Å². The Morgan fingerprint density at radius 1 is 1.00 bits per heavy atom. The molecule has 1 aliphatic carbocycles. The van der Waals surface area contributed by atoms with E-state index in [0.717, 1.165) is 24.4 Å². The van der Waals surface area contributed by atoms with E-state index in [4.69, 9.17) is 4.84 Å². The van der Waals surface area contributed by atoms with Gasteiger partial charge in [0.2, 0.25) is 0 Å². The van der Waals surface area contributed by atoms with Crippen molar-refractivity contribution in [1.29, 1.82) is 0 Å². The normalized spacial score (nSPS) is 49.8. The molecule has 0 aromatic carbocycles. The second-order valence-electron chi connectivity index (χ2n) is 4.62. The first kappa shape index (κ1) is 8.21. The second-order valence-corrected chi connectivity index (χ2v) is 4.62. The van der Waals surface area contributed by atoms with Crippen molar-refractivity contribution in [3.63, 3.8) is 0 Å². The molecule has 0 aromatic rings. The smallest absolute Gasteiger partial charge is 0.0862 e. The van der Waals surface area contributed by atoms with Crippen LogP contribution in [0.15, 0.2) is 0 Å². The minimum atomic E-state index is 0.502. The zero-order valence-corrected chi connectivity index (χ0v) is 7.96. The Hall–Kier alpha value is -0.120. The summed E-state index contributed by atoms with van der Waals surface area (Å²) in [6.07, 6.45) is 5.86. The molecule has 1 saturated carbocycles. The van der Waals surface area contributed by atoms with E-state index in [0.29, 0.717) is 6.10 Å². The molecule has 0 radical (unpaired) electrons. The predicted octanol–water partition coefficient (Wildman–Crippen LogP) is 0.668. The quantitative estimate of drug-likeness (QED) is 0.577. The topological polar surface area (TPSA) is 33.3 Å². The number of hydrogen-bond acceptors (Lipinski definition) is 3. The molecule has 2 N–H and O–H groups in total. The van der Waals surface area contributed by atoms with Gasteiger partial charge in [-0.2, -0.15) is 0 Å². The fourth-order valence-corrected chi connectivity index (χ4v) is 3.30. The second kappa shape index (κ2) is 3.23. The summed E-state index contributed by atoms with van der Waals surface area (Å²) < 4.78 is 0. The van der Waals surface area contributed by atoms with E-state index in [9.17, 15) is 0 Å². The van der Waals surface area contributed by atoms with E-state index in [2.05, 4.69) is 10.8 Å². The molecule has 3 nitrogen and oxygen atoms in total. The highest BCUT2D eigenvalue weighted by molar-refractivity contribution is 4.96. The standard InChI is InChI=1S/C10H18N2O/c1-2-9-8(4-5-11-9)10-7(1)3-6-12-13-10/h7-12H,1-6H2. The lowest BCUT2D eigenvalue weighted by atomic mass is 9.74. The van der Waals surface area contributed by atoms with E-state index < -0.39 is 0 Å². The van der Waals surface area contributed by atoms with E-state index in [-0.39, 0.29) is 0 Å². The van der Waals surface area contributed by atoms with Crippen LogP contribution in [0.1, 0.15) is 25.7 Å². The van der Waals surface area contributed by atoms with Gasteiger partial charge in [0.15, 0.2) is 0 Å². The molecular weight excluding hydrogens is 164 g/mol. The number of rotatable bonds is 0. The van der Waals surface area contributed by atoms with Gasteiger partial charge in [-0.3, -0.25) is 4.84 Å². The van der Waals surface area contributed by atoms with Crippen LogP contribution in [0.3, 0.4) is 0 Å². The van der Waals surface area contributed by atoms with Crippen LogP contribution in [0.4, 0.5) is 0 Å². The van der Waals surface area contributed by atoms with Gasteiger partial charge in [-0.05, 0) is 38.1 Å². The largest absolute Gasteiger partial charge is 0.314 e. The van der Waals surface area contributed by atoms with Gasteiger partial charge in [0.25, 0.3) is 0 Å². The summed E-state index contributed by atoms with van der Waals surface area (Å²) in [6, 6.07) is 0.751. The Morgan fingerprint density at radius 2 is 2.00 bits per heavy atom. The molecule has 0 aromatic heterocycles. The fraction of sp³-hybridized carbons (Fsp3) is 1.00. The maximum Gasteiger partial charge on any atom is 0.0862 e. The van der Waals surface area contributed by atoms with Crippen molar-refractivity contribution in [1.82, 2.24) is 10.8 Å².